The Morgan fingerprint density at radius 1 is 1.21 bits per heavy atom. The van der Waals surface area contributed by atoms with Crippen molar-refractivity contribution in [2.75, 3.05) is 6.54 Å². The van der Waals surface area contributed by atoms with E-state index in [4.69, 9.17) is 0 Å². The Balaban J connectivity index is 1.45. The van der Waals surface area contributed by atoms with Crippen molar-refractivity contribution in [2.45, 2.75) is 50.3 Å². The zero-order valence-corrected chi connectivity index (χ0v) is 13.9. The topological polar surface area (TPSA) is 54.2 Å². The molecule has 0 spiro atoms. The second-order valence-corrected chi connectivity index (χ2v) is 7.04. The summed E-state index contributed by atoms with van der Waals surface area (Å²) in [5.41, 5.74) is 0.749. The molecule has 0 bridgehead atoms. The molecule has 24 heavy (non-hydrogen) atoms. The van der Waals surface area contributed by atoms with Crippen LogP contribution in [0.2, 0.25) is 0 Å². The molecule has 1 heterocycles. The number of halogens is 1. The highest BCUT2D eigenvalue weighted by Crippen LogP contribution is 2.39. The largest absolute Gasteiger partial charge is 0.387 e. The summed E-state index contributed by atoms with van der Waals surface area (Å²) < 4.78 is 15.2. The first kappa shape index (κ1) is 15.7. The minimum absolute atomic E-state index is 0.281. The van der Waals surface area contributed by atoms with Gasteiger partial charge in [-0.1, -0.05) is 12.1 Å². The third kappa shape index (κ3) is 3.35. The summed E-state index contributed by atoms with van der Waals surface area (Å²) in [4.78, 5) is 2.27. The van der Waals surface area contributed by atoms with Crippen LogP contribution in [0.15, 0.2) is 24.3 Å². The van der Waals surface area contributed by atoms with Crippen LogP contribution in [-0.2, 0) is 13.6 Å². The molecule has 0 aliphatic heterocycles. The molecule has 0 radical (unpaired) electrons. The van der Waals surface area contributed by atoms with Crippen LogP contribution in [-0.4, -0.2) is 37.4 Å². The Morgan fingerprint density at radius 2 is 1.92 bits per heavy atom. The lowest BCUT2D eigenvalue weighted by Crippen LogP contribution is -2.31. The molecule has 1 N–H and O–H groups in total. The molecule has 0 amide bonds. The third-order valence-corrected chi connectivity index (χ3v) is 5.01. The molecule has 1 atom stereocenters. The molecule has 2 aromatic rings. The van der Waals surface area contributed by atoms with E-state index in [2.05, 4.69) is 19.7 Å². The maximum absolute atomic E-state index is 13.0. The molecule has 2 aliphatic rings. The van der Waals surface area contributed by atoms with Gasteiger partial charge < -0.3 is 9.67 Å². The second-order valence-electron chi connectivity index (χ2n) is 7.04. The van der Waals surface area contributed by atoms with Crippen molar-refractivity contribution in [1.29, 1.82) is 0 Å². The third-order valence-electron chi connectivity index (χ3n) is 5.01. The molecule has 4 rings (SSSR count). The van der Waals surface area contributed by atoms with E-state index in [1.807, 2.05) is 7.05 Å². The van der Waals surface area contributed by atoms with E-state index in [0.29, 0.717) is 25.0 Å². The Morgan fingerprint density at radius 3 is 2.54 bits per heavy atom. The lowest BCUT2D eigenvalue weighted by molar-refractivity contribution is 0.102. The Kier molecular flexibility index (Phi) is 4.10. The molecular weight excluding hydrogens is 307 g/mol. The van der Waals surface area contributed by atoms with E-state index >= 15 is 0 Å². The van der Waals surface area contributed by atoms with Crippen LogP contribution in [0.4, 0.5) is 4.39 Å². The predicted molar refractivity (Wildman–Crippen MR) is 87.8 cm³/mol. The number of nitrogens with zero attached hydrogens (tertiary/aromatic N) is 4. The fourth-order valence-electron chi connectivity index (χ4n) is 3.19. The number of benzene rings is 1. The van der Waals surface area contributed by atoms with Crippen molar-refractivity contribution < 1.29 is 9.50 Å². The number of hydrogen-bond donors (Lipinski definition) is 1. The summed E-state index contributed by atoms with van der Waals surface area (Å²) in [6.07, 6.45) is 4.11. The highest BCUT2D eigenvalue weighted by Gasteiger charge is 2.33. The van der Waals surface area contributed by atoms with Gasteiger partial charge in [-0.05, 0) is 43.4 Å². The second kappa shape index (κ2) is 6.26. The summed E-state index contributed by atoms with van der Waals surface area (Å²) in [5.74, 6) is 2.34. The minimum atomic E-state index is -0.623. The molecular formula is C18H23FN4O. The predicted octanol–water partition coefficient (Wildman–Crippen LogP) is 2.53. The van der Waals surface area contributed by atoms with Crippen LogP contribution in [0.3, 0.4) is 0 Å². The van der Waals surface area contributed by atoms with Gasteiger partial charge in [-0.3, -0.25) is 4.90 Å². The van der Waals surface area contributed by atoms with Crippen molar-refractivity contribution in [3.8, 4) is 0 Å². The highest BCUT2D eigenvalue weighted by molar-refractivity contribution is 5.19. The van der Waals surface area contributed by atoms with Crippen LogP contribution >= 0.6 is 0 Å². The average molecular weight is 330 g/mol. The first-order valence-corrected chi connectivity index (χ1v) is 8.67. The zero-order valence-electron chi connectivity index (χ0n) is 13.9. The van der Waals surface area contributed by atoms with Gasteiger partial charge >= 0.3 is 0 Å². The summed E-state index contributed by atoms with van der Waals surface area (Å²) in [7, 11) is 2.03. The highest BCUT2D eigenvalue weighted by atomic mass is 19.1. The van der Waals surface area contributed by atoms with Gasteiger partial charge in [0.05, 0.1) is 12.6 Å². The molecule has 128 valence electrons. The molecule has 1 aromatic heterocycles. The van der Waals surface area contributed by atoms with E-state index in [9.17, 15) is 9.50 Å². The lowest BCUT2D eigenvalue weighted by Gasteiger charge is -2.24. The van der Waals surface area contributed by atoms with E-state index in [-0.39, 0.29) is 5.82 Å². The van der Waals surface area contributed by atoms with Gasteiger partial charge in [-0.2, -0.15) is 0 Å². The molecule has 0 unspecified atom stereocenters. The van der Waals surface area contributed by atoms with Gasteiger partial charge in [0.1, 0.15) is 17.5 Å². The van der Waals surface area contributed by atoms with E-state index in [1.165, 1.54) is 25.0 Å². The lowest BCUT2D eigenvalue weighted by atomic mass is 10.1. The van der Waals surface area contributed by atoms with Gasteiger partial charge in [-0.25, -0.2) is 4.39 Å². The van der Waals surface area contributed by atoms with Gasteiger partial charge in [-0.15, -0.1) is 10.2 Å². The molecule has 2 aliphatic carbocycles. The van der Waals surface area contributed by atoms with Crippen LogP contribution in [0, 0.1) is 5.82 Å². The van der Waals surface area contributed by atoms with Crippen LogP contribution in [0.5, 0.6) is 0 Å². The van der Waals surface area contributed by atoms with Gasteiger partial charge in [0.2, 0.25) is 0 Å². The quantitative estimate of drug-likeness (QED) is 0.848. The van der Waals surface area contributed by atoms with Crippen molar-refractivity contribution >= 4 is 0 Å². The first-order valence-electron chi connectivity index (χ1n) is 8.67. The molecule has 6 heteroatoms. The van der Waals surface area contributed by atoms with Crippen LogP contribution < -0.4 is 0 Å². The van der Waals surface area contributed by atoms with Crippen molar-refractivity contribution in [1.82, 2.24) is 19.7 Å². The average Bonchev–Trinajstić information content (AvgIpc) is 3.47. The first-order chi connectivity index (χ1) is 11.6. The monoisotopic (exact) mass is 330 g/mol. The van der Waals surface area contributed by atoms with Crippen molar-refractivity contribution in [2.24, 2.45) is 7.05 Å². The van der Waals surface area contributed by atoms with E-state index in [0.717, 1.165) is 30.1 Å². The number of hydrogen-bond acceptors (Lipinski definition) is 4. The van der Waals surface area contributed by atoms with Crippen molar-refractivity contribution in [3.63, 3.8) is 0 Å². The summed E-state index contributed by atoms with van der Waals surface area (Å²) in [6.45, 7) is 1.22. The Hall–Kier alpha value is -1.79. The molecule has 0 saturated heterocycles. The zero-order chi connectivity index (χ0) is 16.7. The van der Waals surface area contributed by atoms with Gasteiger partial charge in [0.15, 0.2) is 0 Å². The van der Waals surface area contributed by atoms with Crippen molar-refractivity contribution in [3.05, 3.63) is 47.3 Å². The summed E-state index contributed by atoms with van der Waals surface area (Å²) in [5, 5.41) is 19.2. The fraction of sp³-hybridized carbons (Fsp3) is 0.556. The SMILES string of the molecule is Cn1c(CN(C[C@H](O)c2ccc(F)cc2)C2CC2)nnc1C1CC1. The molecule has 2 fully saturated rings. The molecule has 5 nitrogen and oxygen atoms in total. The normalized spacial score (nSPS) is 19.0. The molecule has 2 saturated carbocycles. The van der Waals surface area contributed by atoms with Crippen LogP contribution in [0.1, 0.15) is 54.9 Å². The number of aromatic nitrogens is 3. The maximum atomic E-state index is 13.0. The Bertz CT molecular complexity index is 706. The van der Waals surface area contributed by atoms with E-state index < -0.39 is 6.10 Å². The van der Waals surface area contributed by atoms with Gasteiger partial charge in [0.25, 0.3) is 0 Å². The fourth-order valence-corrected chi connectivity index (χ4v) is 3.19. The van der Waals surface area contributed by atoms with E-state index in [1.54, 1.807) is 12.1 Å². The van der Waals surface area contributed by atoms with Gasteiger partial charge in [0, 0.05) is 25.6 Å². The summed E-state index contributed by atoms with van der Waals surface area (Å²) >= 11 is 0. The maximum Gasteiger partial charge on any atom is 0.146 e. The number of aliphatic hydroxyl groups excluding tert-OH is 1. The summed E-state index contributed by atoms with van der Waals surface area (Å²) in [6, 6.07) is 6.59. The van der Waals surface area contributed by atoms with Crippen LogP contribution in [0.25, 0.3) is 0 Å². The number of rotatable bonds is 7. The molecule has 1 aromatic carbocycles. The standard InChI is InChI=1S/C18H23FN4O/c1-22-17(20-21-18(22)13-2-3-13)11-23(15-8-9-15)10-16(24)12-4-6-14(19)7-5-12/h4-7,13,15-16,24H,2-3,8-11H2,1H3/t16-/m0/s1. The Labute approximate surface area is 141 Å². The smallest absolute Gasteiger partial charge is 0.146 e. The number of aliphatic hydroxyl groups is 1. The minimum Gasteiger partial charge on any atom is -0.387 e.